The lowest BCUT2D eigenvalue weighted by Crippen LogP contribution is -2.01. The lowest BCUT2D eigenvalue weighted by Gasteiger charge is -1.97. The molecule has 0 spiro atoms. The van der Waals surface area contributed by atoms with Crippen molar-refractivity contribution in [2.75, 3.05) is 0 Å². The molecule has 4 heteroatoms. The van der Waals surface area contributed by atoms with E-state index in [9.17, 15) is 4.79 Å². The SMILES string of the molecule is O=C(c1ccccc1)c1cnc(-c2c[nH]c3ccccc23)[nH]1. The molecule has 0 aliphatic heterocycles. The van der Waals surface area contributed by atoms with Gasteiger partial charge in [-0.2, -0.15) is 0 Å². The van der Waals surface area contributed by atoms with Gasteiger partial charge in [-0.05, 0) is 6.07 Å². The molecule has 4 aromatic rings. The fraction of sp³-hybridized carbons (Fsp3) is 0. The van der Waals surface area contributed by atoms with E-state index in [1.165, 1.54) is 0 Å². The summed E-state index contributed by atoms with van der Waals surface area (Å²) in [5.41, 5.74) is 3.15. The van der Waals surface area contributed by atoms with E-state index in [1.54, 1.807) is 18.3 Å². The second-order valence-electron chi connectivity index (χ2n) is 5.09. The Kier molecular flexibility index (Phi) is 2.86. The van der Waals surface area contributed by atoms with Gasteiger partial charge in [-0.3, -0.25) is 4.79 Å². The number of nitrogens with one attached hydrogen (secondary N) is 2. The van der Waals surface area contributed by atoms with Crippen LogP contribution in [-0.2, 0) is 0 Å². The van der Waals surface area contributed by atoms with Crippen molar-refractivity contribution in [1.29, 1.82) is 0 Å². The van der Waals surface area contributed by atoms with E-state index in [0.717, 1.165) is 16.5 Å². The topological polar surface area (TPSA) is 61.5 Å². The number of nitrogens with zero attached hydrogens (tertiary/aromatic N) is 1. The summed E-state index contributed by atoms with van der Waals surface area (Å²) in [7, 11) is 0. The van der Waals surface area contributed by atoms with Crippen LogP contribution >= 0.6 is 0 Å². The van der Waals surface area contributed by atoms with Gasteiger partial charge in [0, 0.05) is 28.2 Å². The highest BCUT2D eigenvalue weighted by atomic mass is 16.1. The Morgan fingerprint density at radius 2 is 1.73 bits per heavy atom. The molecular formula is C18H13N3O. The molecule has 0 aliphatic carbocycles. The van der Waals surface area contributed by atoms with Gasteiger partial charge in [-0.15, -0.1) is 0 Å². The monoisotopic (exact) mass is 287 g/mol. The first-order valence-corrected chi connectivity index (χ1v) is 7.04. The number of carbonyl (C=O) groups is 1. The summed E-state index contributed by atoms with van der Waals surface area (Å²) in [5, 5.41) is 1.08. The smallest absolute Gasteiger partial charge is 0.210 e. The standard InChI is InChI=1S/C18H13N3O/c22-17(12-6-2-1-3-7-12)16-11-20-18(21-16)14-10-19-15-9-5-4-8-13(14)15/h1-11,19H,(H,20,21). The second kappa shape index (κ2) is 5.00. The van der Waals surface area contributed by atoms with Gasteiger partial charge in [-0.25, -0.2) is 4.98 Å². The van der Waals surface area contributed by atoms with Gasteiger partial charge >= 0.3 is 0 Å². The van der Waals surface area contributed by atoms with Gasteiger partial charge in [0.15, 0.2) is 0 Å². The minimum absolute atomic E-state index is 0.0563. The van der Waals surface area contributed by atoms with Crippen molar-refractivity contribution in [1.82, 2.24) is 15.0 Å². The molecule has 0 fully saturated rings. The molecule has 0 aliphatic rings. The van der Waals surface area contributed by atoms with Crippen LogP contribution in [0.5, 0.6) is 0 Å². The van der Waals surface area contributed by atoms with Crippen molar-refractivity contribution < 1.29 is 4.79 Å². The van der Waals surface area contributed by atoms with Crippen molar-refractivity contribution in [3.05, 3.63) is 78.2 Å². The Morgan fingerprint density at radius 1 is 0.955 bits per heavy atom. The van der Waals surface area contributed by atoms with Gasteiger partial charge < -0.3 is 9.97 Å². The average Bonchev–Trinajstić information content (AvgIpc) is 3.21. The number of imidazole rings is 1. The molecule has 2 aromatic heterocycles. The first-order valence-electron chi connectivity index (χ1n) is 7.04. The fourth-order valence-electron chi connectivity index (χ4n) is 2.59. The van der Waals surface area contributed by atoms with Crippen LogP contribution < -0.4 is 0 Å². The first-order chi connectivity index (χ1) is 10.8. The van der Waals surface area contributed by atoms with Crippen molar-refractivity contribution in [2.45, 2.75) is 0 Å². The van der Waals surface area contributed by atoms with Gasteiger partial charge in [0.05, 0.1) is 6.20 Å². The Balaban J connectivity index is 1.74. The summed E-state index contributed by atoms with van der Waals surface area (Å²) in [5.74, 6) is 0.635. The van der Waals surface area contributed by atoms with Crippen LogP contribution in [0.3, 0.4) is 0 Å². The lowest BCUT2D eigenvalue weighted by molar-refractivity contribution is 0.103. The molecule has 0 atom stereocenters. The minimum atomic E-state index is -0.0563. The lowest BCUT2D eigenvalue weighted by atomic mass is 10.1. The zero-order valence-corrected chi connectivity index (χ0v) is 11.7. The van der Waals surface area contributed by atoms with Gasteiger partial charge in [0.2, 0.25) is 5.78 Å². The number of H-pyrrole nitrogens is 2. The fourth-order valence-corrected chi connectivity index (χ4v) is 2.59. The molecule has 4 nitrogen and oxygen atoms in total. The maximum absolute atomic E-state index is 12.4. The highest BCUT2D eigenvalue weighted by Gasteiger charge is 2.14. The minimum Gasteiger partial charge on any atom is -0.360 e. The van der Waals surface area contributed by atoms with Crippen LogP contribution in [0.4, 0.5) is 0 Å². The van der Waals surface area contributed by atoms with E-state index in [1.807, 2.05) is 48.7 Å². The number of aromatic nitrogens is 3. The Bertz CT molecular complexity index is 951. The van der Waals surface area contributed by atoms with E-state index < -0.39 is 0 Å². The third-order valence-corrected chi connectivity index (χ3v) is 3.70. The summed E-state index contributed by atoms with van der Waals surface area (Å²) in [6, 6.07) is 17.2. The van der Waals surface area contributed by atoms with Gasteiger partial charge in [0.25, 0.3) is 0 Å². The zero-order valence-electron chi connectivity index (χ0n) is 11.7. The van der Waals surface area contributed by atoms with Crippen LogP contribution in [0.1, 0.15) is 16.1 Å². The number of ketones is 1. The first kappa shape index (κ1) is 12.6. The van der Waals surface area contributed by atoms with Crippen molar-refractivity contribution >= 4 is 16.7 Å². The molecule has 0 amide bonds. The van der Waals surface area contributed by atoms with E-state index in [4.69, 9.17) is 0 Å². The third kappa shape index (κ3) is 2.02. The molecule has 0 unspecified atom stereocenters. The van der Waals surface area contributed by atoms with Crippen molar-refractivity contribution in [3.8, 4) is 11.4 Å². The molecule has 2 heterocycles. The predicted molar refractivity (Wildman–Crippen MR) is 85.8 cm³/mol. The summed E-state index contributed by atoms with van der Waals surface area (Å²) in [4.78, 5) is 23.1. The number of para-hydroxylation sites is 1. The van der Waals surface area contributed by atoms with Crippen LogP contribution in [0.2, 0.25) is 0 Å². The molecule has 106 valence electrons. The van der Waals surface area contributed by atoms with Crippen LogP contribution in [0.15, 0.2) is 67.0 Å². The molecule has 2 N–H and O–H groups in total. The number of hydrogen-bond acceptors (Lipinski definition) is 2. The molecule has 4 rings (SSSR count). The number of rotatable bonds is 3. The summed E-state index contributed by atoms with van der Waals surface area (Å²) < 4.78 is 0. The molecule has 0 saturated heterocycles. The number of aromatic amines is 2. The number of hydrogen-bond donors (Lipinski definition) is 2. The van der Waals surface area contributed by atoms with E-state index in [0.29, 0.717) is 17.1 Å². The molecular weight excluding hydrogens is 274 g/mol. The van der Waals surface area contributed by atoms with Gasteiger partial charge in [-0.1, -0.05) is 48.5 Å². The number of benzene rings is 2. The third-order valence-electron chi connectivity index (χ3n) is 3.70. The van der Waals surface area contributed by atoms with Crippen molar-refractivity contribution in [2.24, 2.45) is 0 Å². The maximum Gasteiger partial charge on any atom is 0.210 e. The predicted octanol–water partition coefficient (Wildman–Crippen LogP) is 3.79. The molecule has 0 radical (unpaired) electrons. The quantitative estimate of drug-likeness (QED) is 0.563. The van der Waals surface area contributed by atoms with Crippen LogP contribution in [-0.4, -0.2) is 20.7 Å². The van der Waals surface area contributed by atoms with Gasteiger partial charge in [0.1, 0.15) is 11.5 Å². The van der Waals surface area contributed by atoms with Crippen LogP contribution in [0, 0.1) is 0 Å². The van der Waals surface area contributed by atoms with Crippen LogP contribution in [0.25, 0.3) is 22.3 Å². The highest BCUT2D eigenvalue weighted by molar-refractivity contribution is 6.08. The normalized spacial score (nSPS) is 10.9. The largest absolute Gasteiger partial charge is 0.360 e. The summed E-state index contributed by atoms with van der Waals surface area (Å²) in [6.07, 6.45) is 3.49. The number of carbonyl (C=O) groups excluding carboxylic acids is 1. The summed E-state index contributed by atoms with van der Waals surface area (Å²) in [6.45, 7) is 0. The van der Waals surface area contributed by atoms with Crippen molar-refractivity contribution in [3.63, 3.8) is 0 Å². The Hall–Kier alpha value is -3.14. The molecule has 22 heavy (non-hydrogen) atoms. The Morgan fingerprint density at radius 3 is 2.59 bits per heavy atom. The summed E-state index contributed by atoms with van der Waals surface area (Å²) >= 11 is 0. The van der Waals surface area contributed by atoms with E-state index in [2.05, 4.69) is 15.0 Å². The maximum atomic E-state index is 12.4. The molecule has 0 bridgehead atoms. The zero-order chi connectivity index (χ0) is 14.9. The average molecular weight is 287 g/mol. The Labute approximate surface area is 126 Å². The van der Waals surface area contributed by atoms with E-state index >= 15 is 0 Å². The number of fused-ring (bicyclic) bond motifs is 1. The molecule has 2 aromatic carbocycles. The molecule has 0 saturated carbocycles. The van der Waals surface area contributed by atoms with E-state index in [-0.39, 0.29) is 5.78 Å². The highest BCUT2D eigenvalue weighted by Crippen LogP contribution is 2.26. The second-order valence-corrected chi connectivity index (χ2v) is 5.09.